The lowest BCUT2D eigenvalue weighted by molar-refractivity contribution is -0.137. The highest BCUT2D eigenvalue weighted by atomic mass is 16.2. The van der Waals surface area contributed by atoms with Gasteiger partial charge in [-0.1, -0.05) is 25.1 Å². The number of benzene rings is 1. The summed E-state index contributed by atoms with van der Waals surface area (Å²) >= 11 is 0. The van der Waals surface area contributed by atoms with Crippen LogP contribution in [0.2, 0.25) is 0 Å². The number of rotatable bonds is 2. The van der Waals surface area contributed by atoms with Crippen LogP contribution in [-0.4, -0.2) is 40.7 Å². The first-order valence-corrected chi connectivity index (χ1v) is 7.75. The molecule has 1 saturated heterocycles. The van der Waals surface area contributed by atoms with E-state index >= 15 is 0 Å². The molecule has 2 heterocycles. The number of fused-ring (bicyclic) bond motifs is 1. The molecular weight excluding hydrogens is 264 g/mol. The topological polar surface area (TPSA) is 40.6 Å². The molecule has 112 valence electrons. The van der Waals surface area contributed by atoms with Crippen molar-refractivity contribution in [2.24, 2.45) is 5.92 Å². The summed E-state index contributed by atoms with van der Waals surface area (Å²) in [6, 6.07) is 7.25. The molecule has 1 aromatic carbocycles. The first kappa shape index (κ1) is 14.1. The summed E-state index contributed by atoms with van der Waals surface area (Å²) in [5, 5.41) is 0. The Hall–Kier alpha value is -1.84. The zero-order valence-electron chi connectivity index (χ0n) is 12.7. The van der Waals surface area contributed by atoms with Crippen LogP contribution in [0.1, 0.15) is 42.6 Å². The molecule has 0 saturated carbocycles. The molecule has 0 aliphatic carbocycles. The zero-order valence-corrected chi connectivity index (χ0v) is 12.7. The Bertz CT molecular complexity index is 562. The van der Waals surface area contributed by atoms with E-state index in [4.69, 9.17) is 0 Å². The van der Waals surface area contributed by atoms with Crippen molar-refractivity contribution >= 4 is 11.8 Å². The monoisotopic (exact) mass is 286 g/mol. The summed E-state index contributed by atoms with van der Waals surface area (Å²) in [4.78, 5) is 28.7. The SMILES string of the molecule is CC1CCN(C(=O)[C@@H](C)N2Cc3ccccc3C2=O)CC1. The molecule has 2 amide bonds. The smallest absolute Gasteiger partial charge is 0.255 e. The molecule has 0 unspecified atom stereocenters. The van der Waals surface area contributed by atoms with Gasteiger partial charge in [-0.25, -0.2) is 0 Å². The van der Waals surface area contributed by atoms with Gasteiger partial charge >= 0.3 is 0 Å². The Morgan fingerprint density at radius 2 is 1.90 bits per heavy atom. The third-order valence-electron chi connectivity index (χ3n) is 4.77. The van der Waals surface area contributed by atoms with Crippen LogP contribution in [0.5, 0.6) is 0 Å². The lowest BCUT2D eigenvalue weighted by Crippen LogP contribution is -2.49. The molecule has 21 heavy (non-hydrogen) atoms. The zero-order chi connectivity index (χ0) is 15.0. The number of likely N-dealkylation sites (tertiary alicyclic amines) is 1. The lowest BCUT2D eigenvalue weighted by atomic mass is 9.99. The number of carbonyl (C=O) groups is 2. The Morgan fingerprint density at radius 3 is 2.57 bits per heavy atom. The van der Waals surface area contributed by atoms with Crippen molar-refractivity contribution in [3.63, 3.8) is 0 Å². The number of carbonyl (C=O) groups excluding carboxylic acids is 2. The van der Waals surface area contributed by atoms with Crippen LogP contribution < -0.4 is 0 Å². The number of nitrogens with zero attached hydrogens (tertiary/aromatic N) is 2. The van der Waals surface area contributed by atoms with Crippen molar-refractivity contribution in [2.45, 2.75) is 39.3 Å². The molecule has 1 fully saturated rings. The van der Waals surface area contributed by atoms with Crippen LogP contribution in [0.15, 0.2) is 24.3 Å². The van der Waals surface area contributed by atoms with Crippen LogP contribution >= 0.6 is 0 Å². The second kappa shape index (κ2) is 5.51. The number of hydrogen-bond donors (Lipinski definition) is 0. The average Bonchev–Trinajstić information content (AvgIpc) is 2.84. The number of piperidine rings is 1. The van der Waals surface area contributed by atoms with E-state index in [1.54, 1.807) is 4.90 Å². The van der Waals surface area contributed by atoms with E-state index in [-0.39, 0.29) is 17.9 Å². The Balaban J connectivity index is 1.70. The summed E-state index contributed by atoms with van der Waals surface area (Å²) in [5.41, 5.74) is 1.76. The van der Waals surface area contributed by atoms with Gasteiger partial charge in [-0.05, 0) is 37.3 Å². The minimum atomic E-state index is -0.377. The molecule has 0 aromatic heterocycles. The highest BCUT2D eigenvalue weighted by Crippen LogP contribution is 2.25. The summed E-state index contributed by atoms with van der Waals surface area (Å²) in [6.07, 6.45) is 2.12. The van der Waals surface area contributed by atoms with E-state index in [0.29, 0.717) is 12.5 Å². The molecule has 0 N–H and O–H groups in total. The minimum absolute atomic E-state index is 0.0168. The maximum atomic E-state index is 12.6. The van der Waals surface area contributed by atoms with Gasteiger partial charge in [0, 0.05) is 25.2 Å². The van der Waals surface area contributed by atoms with E-state index in [1.807, 2.05) is 36.1 Å². The van der Waals surface area contributed by atoms with Gasteiger partial charge in [-0.3, -0.25) is 9.59 Å². The Morgan fingerprint density at radius 1 is 1.24 bits per heavy atom. The van der Waals surface area contributed by atoms with Gasteiger partial charge in [0.25, 0.3) is 5.91 Å². The van der Waals surface area contributed by atoms with Crippen molar-refractivity contribution in [2.75, 3.05) is 13.1 Å². The van der Waals surface area contributed by atoms with Crippen LogP contribution in [0, 0.1) is 5.92 Å². The summed E-state index contributed by atoms with van der Waals surface area (Å²) in [7, 11) is 0. The first-order chi connectivity index (χ1) is 10.1. The third-order valence-corrected chi connectivity index (χ3v) is 4.77. The molecular formula is C17H22N2O2. The molecule has 1 aromatic rings. The number of hydrogen-bond acceptors (Lipinski definition) is 2. The van der Waals surface area contributed by atoms with Gasteiger partial charge in [0.05, 0.1) is 0 Å². The molecule has 4 nitrogen and oxygen atoms in total. The molecule has 4 heteroatoms. The van der Waals surface area contributed by atoms with Crippen LogP contribution in [0.25, 0.3) is 0 Å². The minimum Gasteiger partial charge on any atom is -0.341 e. The second-order valence-corrected chi connectivity index (χ2v) is 6.27. The molecule has 2 aliphatic rings. The van der Waals surface area contributed by atoms with E-state index in [0.717, 1.165) is 37.1 Å². The van der Waals surface area contributed by atoms with E-state index < -0.39 is 0 Å². The van der Waals surface area contributed by atoms with Crippen molar-refractivity contribution in [3.8, 4) is 0 Å². The molecule has 0 radical (unpaired) electrons. The van der Waals surface area contributed by atoms with Crippen molar-refractivity contribution < 1.29 is 9.59 Å². The van der Waals surface area contributed by atoms with Crippen molar-refractivity contribution in [1.29, 1.82) is 0 Å². The quantitative estimate of drug-likeness (QED) is 0.837. The van der Waals surface area contributed by atoms with Crippen molar-refractivity contribution in [3.05, 3.63) is 35.4 Å². The molecule has 1 atom stereocenters. The predicted molar refractivity (Wildman–Crippen MR) is 80.8 cm³/mol. The van der Waals surface area contributed by atoms with E-state index in [2.05, 4.69) is 6.92 Å². The van der Waals surface area contributed by atoms with Gasteiger partial charge in [0.2, 0.25) is 5.91 Å². The Labute approximate surface area is 125 Å². The maximum Gasteiger partial charge on any atom is 0.255 e. The van der Waals surface area contributed by atoms with Crippen LogP contribution in [0.4, 0.5) is 0 Å². The summed E-state index contributed by atoms with van der Waals surface area (Å²) < 4.78 is 0. The third kappa shape index (κ3) is 2.55. The fraction of sp³-hybridized carbons (Fsp3) is 0.529. The number of amides is 2. The Kier molecular flexibility index (Phi) is 3.70. The fourth-order valence-corrected chi connectivity index (χ4v) is 3.22. The summed E-state index contributed by atoms with van der Waals surface area (Å²) in [6.45, 7) is 6.26. The molecule has 0 spiro atoms. The first-order valence-electron chi connectivity index (χ1n) is 7.75. The lowest BCUT2D eigenvalue weighted by Gasteiger charge is -2.34. The normalized spacial score (nSPS) is 20.6. The van der Waals surface area contributed by atoms with Crippen LogP contribution in [0.3, 0.4) is 0 Å². The summed E-state index contributed by atoms with van der Waals surface area (Å²) in [5.74, 6) is 0.766. The fourth-order valence-electron chi connectivity index (χ4n) is 3.22. The van der Waals surface area contributed by atoms with E-state index in [9.17, 15) is 9.59 Å². The second-order valence-electron chi connectivity index (χ2n) is 6.27. The highest BCUT2D eigenvalue weighted by Gasteiger charge is 2.35. The van der Waals surface area contributed by atoms with Gasteiger partial charge in [0.1, 0.15) is 6.04 Å². The van der Waals surface area contributed by atoms with Gasteiger partial charge in [-0.15, -0.1) is 0 Å². The standard InChI is InChI=1S/C17H22N2O2/c1-12-7-9-18(10-8-12)16(20)13(2)19-11-14-5-3-4-6-15(14)17(19)21/h3-6,12-13H,7-11H2,1-2H3/t13-/m1/s1. The van der Waals surface area contributed by atoms with E-state index in [1.165, 1.54) is 0 Å². The van der Waals surface area contributed by atoms with Gasteiger partial charge in [-0.2, -0.15) is 0 Å². The molecule has 0 bridgehead atoms. The van der Waals surface area contributed by atoms with Gasteiger partial charge in [0.15, 0.2) is 0 Å². The molecule has 3 rings (SSSR count). The predicted octanol–water partition coefficient (Wildman–Crippen LogP) is 2.29. The van der Waals surface area contributed by atoms with Gasteiger partial charge < -0.3 is 9.80 Å². The van der Waals surface area contributed by atoms with Crippen molar-refractivity contribution in [1.82, 2.24) is 9.80 Å². The molecule has 2 aliphatic heterocycles. The highest BCUT2D eigenvalue weighted by molar-refractivity contribution is 6.01. The van der Waals surface area contributed by atoms with Crippen LogP contribution in [-0.2, 0) is 11.3 Å². The largest absolute Gasteiger partial charge is 0.341 e. The average molecular weight is 286 g/mol. The maximum absolute atomic E-state index is 12.6.